The fraction of sp³-hybridized carbons (Fsp3) is 0.200. The molecule has 2 aromatic carbocycles. The summed E-state index contributed by atoms with van der Waals surface area (Å²) < 4.78 is 5.93. The van der Waals surface area contributed by atoms with Gasteiger partial charge in [0.2, 0.25) is 0 Å². The number of anilines is 1. The number of H-pyrrole nitrogens is 1. The first-order chi connectivity index (χ1) is 15.2. The van der Waals surface area contributed by atoms with Crippen molar-refractivity contribution in [1.29, 1.82) is 0 Å². The molecule has 0 bridgehead atoms. The van der Waals surface area contributed by atoms with E-state index in [1.54, 1.807) is 6.20 Å². The summed E-state index contributed by atoms with van der Waals surface area (Å²) in [6.45, 7) is 1.36. The number of benzene rings is 2. The number of hydrogen-bond donors (Lipinski definition) is 3. The van der Waals surface area contributed by atoms with Crippen LogP contribution >= 0.6 is 0 Å². The number of aromatic nitrogens is 2. The van der Waals surface area contributed by atoms with Crippen molar-refractivity contribution in [1.82, 2.24) is 9.97 Å². The van der Waals surface area contributed by atoms with Crippen LogP contribution in [0.3, 0.4) is 0 Å². The summed E-state index contributed by atoms with van der Waals surface area (Å²) in [6, 6.07) is 21.7. The Hall–Kier alpha value is -3.80. The molecule has 2 heterocycles. The third-order valence-corrected chi connectivity index (χ3v) is 5.09. The molecule has 0 saturated heterocycles. The molecular formula is C25H25N3O3. The third-order valence-electron chi connectivity index (χ3n) is 5.09. The van der Waals surface area contributed by atoms with E-state index in [2.05, 4.69) is 15.3 Å². The maximum absolute atomic E-state index is 11.2. The monoisotopic (exact) mass is 415 g/mol. The highest BCUT2D eigenvalue weighted by Gasteiger charge is 2.15. The van der Waals surface area contributed by atoms with Crippen molar-refractivity contribution >= 4 is 22.7 Å². The van der Waals surface area contributed by atoms with Crippen LogP contribution in [0.2, 0.25) is 0 Å². The number of hydrogen-bond acceptors (Lipinski definition) is 4. The second kappa shape index (κ2) is 9.80. The van der Waals surface area contributed by atoms with E-state index in [0.29, 0.717) is 13.0 Å². The number of pyridine rings is 1. The fourth-order valence-corrected chi connectivity index (χ4v) is 3.61. The van der Waals surface area contributed by atoms with Crippen LogP contribution in [0.15, 0.2) is 72.9 Å². The van der Waals surface area contributed by atoms with E-state index in [4.69, 9.17) is 9.84 Å². The first kappa shape index (κ1) is 20.5. The minimum Gasteiger partial charge on any atom is -0.493 e. The van der Waals surface area contributed by atoms with Crippen molar-refractivity contribution in [2.75, 3.05) is 18.5 Å². The average molecular weight is 415 g/mol. The number of ether oxygens (including phenoxy) is 1. The Morgan fingerprint density at radius 3 is 2.68 bits per heavy atom. The lowest BCUT2D eigenvalue weighted by atomic mass is 10.0. The average Bonchev–Trinajstić information content (AvgIpc) is 3.16. The van der Waals surface area contributed by atoms with Crippen LogP contribution in [0.1, 0.15) is 18.4 Å². The molecule has 6 heteroatoms. The van der Waals surface area contributed by atoms with Gasteiger partial charge >= 0.3 is 5.97 Å². The van der Waals surface area contributed by atoms with Gasteiger partial charge in [-0.05, 0) is 48.2 Å². The Morgan fingerprint density at radius 1 is 1.06 bits per heavy atom. The molecular weight excluding hydrogens is 390 g/mol. The molecule has 4 aromatic rings. The van der Waals surface area contributed by atoms with Crippen LogP contribution in [0.4, 0.5) is 5.82 Å². The second-order valence-corrected chi connectivity index (χ2v) is 7.29. The molecule has 0 aliphatic carbocycles. The van der Waals surface area contributed by atoms with Crippen LogP contribution in [-0.4, -0.2) is 34.2 Å². The number of nitrogens with zero attached hydrogens (tertiary/aromatic N) is 1. The highest BCUT2D eigenvalue weighted by molar-refractivity contribution is 5.92. The molecule has 0 aliphatic rings. The zero-order chi connectivity index (χ0) is 21.5. The fourth-order valence-electron chi connectivity index (χ4n) is 3.61. The summed E-state index contributed by atoms with van der Waals surface area (Å²) in [4.78, 5) is 18.9. The quantitative estimate of drug-likeness (QED) is 0.313. The summed E-state index contributed by atoms with van der Waals surface area (Å²) in [5.74, 6) is 0.848. The van der Waals surface area contributed by atoms with Crippen molar-refractivity contribution in [2.24, 2.45) is 0 Å². The topological polar surface area (TPSA) is 87.2 Å². The Bertz CT molecular complexity index is 1140. The summed E-state index contributed by atoms with van der Waals surface area (Å²) in [7, 11) is 0. The van der Waals surface area contributed by atoms with E-state index in [-0.39, 0.29) is 6.42 Å². The predicted molar refractivity (Wildman–Crippen MR) is 123 cm³/mol. The molecule has 6 nitrogen and oxygen atoms in total. The maximum Gasteiger partial charge on any atom is 0.303 e. The zero-order valence-corrected chi connectivity index (χ0v) is 17.2. The van der Waals surface area contributed by atoms with Crippen LogP contribution in [0.5, 0.6) is 5.75 Å². The molecule has 2 aromatic heterocycles. The number of carboxylic acid groups (broad SMARTS) is 1. The number of aromatic amines is 1. The molecule has 0 radical (unpaired) electrons. The molecule has 3 N–H and O–H groups in total. The van der Waals surface area contributed by atoms with Gasteiger partial charge in [0.1, 0.15) is 11.6 Å². The summed E-state index contributed by atoms with van der Waals surface area (Å²) in [6.07, 6.45) is 3.17. The van der Waals surface area contributed by atoms with Crippen LogP contribution < -0.4 is 10.1 Å². The van der Waals surface area contributed by atoms with Gasteiger partial charge < -0.3 is 20.1 Å². The standard InChI is InChI=1S/C25H25N3O3/c29-24(30)13-12-21-20-11-10-19(31-16-6-15-27-23-9-4-5-14-26-23)17-22(20)28-25(21)18-7-2-1-3-8-18/h1-5,7-11,14,17,28H,6,12-13,15-16H2,(H,26,27)(H,29,30). The van der Waals surface area contributed by atoms with Gasteiger partial charge in [0.15, 0.2) is 0 Å². The first-order valence-corrected chi connectivity index (χ1v) is 10.4. The molecule has 0 saturated carbocycles. The third kappa shape index (κ3) is 5.22. The lowest BCUT2D eigenvalue weighted by molar-refractivity contribution is -0.136. The van der Waals surface area contributed by atoms with Crippen LogP contribution in [0.25, 0.3) is 22.2 Å². The number of carboxylic acids is 1. The van der Waals surface area contributed by atoms with E-state index in [1.807, 2.05) is 66.7 Å². The summed E-state index contributed by atoms with van der Waals surface area (Å²) >= 11 is 0. The summed E-state index contributed by atoms with van der Waals surface area (Å²) in [5.41, 5.74) is 3.98. The Morgan fingerprint density at radius 2 is 1.90 bits per heavy atom. The van der Waals surface area contributed by atoms with Crippen molar-refractivity contribution < 1.29 is 14.6 Å². The normalized spacial score (nSPS) is 10.8. The largest absolute Gasteiger partial charge is 0.493 e. The van der Waals surface area contributed by atoms with E-state index in [0.717, 1.165) is 52.3 Å². The van der Waals surface area contributed by atoms with E-state index in [1.165, 1.54) is 0 Å². The lowest BCUT2D eigenvalue weighted by Crippen LogP contribution is -2.08. The van der Waals surface area contributed by atoms with Gasteiger partial charge in [0, 0.05) is 41.8 Å². The van der Waals surface area contributed by atoms with Gasteiger partial charge in [-0.15, -0.1) is 0 Å². The van der Waals surface area contributed by atoms with Crippen molar-refractivity contribution in [2.45, 2.75) is 19.3 Å². The first-order valence-electron chi connectivity index (χ1n) is 10.4. The Kier molecular flexibility index (Phi) is 6.47. The van der Waals surface area contributed by atoms with Gasteiger partial charge in [0.05, 0.1) is 6.61 Å². The number of rotatable bonds is 10. The smallest absolute Gasteiger partial charge is 0.303 e. The van der Waals surface area contributed by atoms with Gasteiger partial charge in [-0.1, -0.05) is 36.4 Å². The molecule has 0 fully saturated rings. The Balaban J connectivity index is 1.46. The maximum atomic E-state index is 11.2. The van der Waals surface area contributed by atoms with Crippen molar-refractivity contribution in [3.8, 4) is 17.0 Å². The molecule has 4 rings (SSSR count). The lowest BCUT2D eigenvalue weighted by Gasteiger charge is -2.08. The number of fused-ring (bicyclic) bond motifs is 1. The van der Waals surface area contributed by atoms with E-state index < -0.39 is 5.97 Å². The predicted octanol–water partition coefficient (Wildman–Crippen LogP) is 5.13. The Labute approximate surface area is 180 Å². The second-order valence-electron chi connectivity index (χ2n) is 7.29. The van der Waals surface area contributed by atoms with E-state index >= 15 is 0 Å². The van der Waals surface area contributed by atoms with Gasteiger partial charge in [-0.25, -0.2) is 4.98 Å². The number of carbonyl (C=O) groups is 1. The molecule has 31 heavy (non-hydrogen) atoms. The van der Waals surface area contributed by atoms with Crippen molar-refractivity contribution in [3.63, 3.8) is 0 Å². The minimum absolute atomic E-state index is 0.0916. The summed E-state index contributed by atoms with van der Waals surface area (Å²) in [5, 5.41) is 13.5. The highest BCUT2D eigenvalue weighted by Crippen LogP contribution is 2.33. The molecule has 0 amide bonds. The molecule has 158 valence electrons. The SMILES string of the molecule is O=C(O)CCc1c(-c2ccccc2)[nH]c2cc(OCCCNc3ccccn3)ccc12. The van der Waals surface area contributed by atoms with E-state index in [9.17, 15) is 4.79 Å². The molecule has 0 unspecified atom stereocenters. The van der Waals surface area contributed by atoms with Gasteiger partial charge in [0.25, 0.3) is 0 Å². The van der Waals surface area contributed by atoms with Gasteiger partial charge in [-0.3, -0.25) is 4.79 Å². The minimum atomic E-state index is -0.798. The molecule has 0 atom stereocenters. The van der Waals surface area contributed by atoms with Crippen LogP contribution in [-0.2, 0) is 11.2 Å². The number of nitrogens with one attached hydrogen (secondary N) is 2. The van der Waals surface area contributed by atoms with Gasteiger partial charge in [-0.2, -0.15) is 0 Å². The van der Waals surface area contributed by atoms with Crippen molar-refractivity contribution in [3.05, 3.63) is 78.5 Å². The highest BCUT2D eigenvalue weighted by atomic mass is 16.5. The molecule has 0 aliphatic heterocycles. The number of aliphatic carboxylic acids is 1. The number of aryl methyl sites for hydroxylation is 1. The zero-order valence-electron chi connectivity index (χ0n) is 17.2. The van der Waals surface area contributed by atoms with Crippen LogP contribution in [0, 0.1) is 0 Å². The molecule has 0 spiro atoms.